The van der Waals surface area contributed by atoms with Crippen LogP contribution in [0, 0.1) is 0 Å². The van der Waals surface area contributed by atoms with E-state index < -0.39 is 33.1 Å². The first-order chi connectivity index (χ1) is 11.9. The molecule has 0 saturated heterocycles. The summed E-state index contributed by atoms with van der Waals surface area (Å²) in [5.74, 6) is 0.214. The van der Waals surface area contributed by atoms with Gasteiger partial charge in [0, 0.05) is 5.56 Å². The Balaban J connectivity index is 2.28. The lowest BCUT2D eigenvalue weighted by Crippen LogP contribution is -2.28. The second kappa shape index (κ2) is 7.45. The third-order valence-electron chi connectivity index (χ3n) is 4.04. The van der Waals surface area contributed by atoms with Crippen LogP contribution in [0.2, 0.25) is 0 Å². The van der Waals surface area contributed by atoms with Gasteiger partial charge in [-0.05, 0) is 24.3 Å². The van der Waals surface area contributed by atoms with Crippen molar-refractivity contribution in [2.24, 2.45) is 5.16 Å². The molecule has 11 heteroatoms. The lowest BCUT2D eigenvalue weighted by Gasteiger charge is -2.22. The monoisotopic (exact) mass is 403 g/mol. The van der Waals surface area contributed by atoms with E-state index in [0.717, 1.165) is 49.8 Å². The average Bonchev–Trinajstić information content (AvgIpc) is 2.54. The standard InChI is InChI=1S/C15H15F6NO3S/c16-14(17,18)13(22-25-26(23,24)15(19,20)21)12-8-6-11(7-9-12)10-4-2-1-3-5-10/h6-10H,1-5H2. The zero-order valence-corrected chi connectivity index (χ0v) is 14.1. The highest BCUT2D eigenvalue weighted by atomic mass is 32.2. The largest absolute Gasteiger partial charge is 0.536 e. The van der Waals surface area contributed by atoms with Gasteiger partial charge in [0.1, 0.15) is 0 Å². The van der Waals surface area contributed by atoms with Gasteiger partial charge >= 0.3 is 21.8 Å². The summed E-state index contributed by atoms with van der Waals surface area (Å²) in [5, 5.41) is 2.23. The second-order valence-electron chi connectivity index (χ2n) is 5.87. The molecule has 0 N–H and O–H groups in total. The molecule has 4 nitrogen and oxygen atoms in total. The van der Waals surface area contributed by atoms with Crippen LogP contribution in [0.3, 0.4) is 0 Å². The third kappa shape index (κ3) is 4.89. The maximum absolute atomic E-state index is 13.0. The summed E-state index contributed by atoms with van der Waals surface area (Å²) in [6, 6.07) is 4.95. The van der Waals surface area contributed by atoms with E-state index in [1.54, 1.807) is 0 Å². The fourth-order valence-electron chi connectivity index (χ4n) is 2.75. The molecule has 0 bridgehead atoms. The first-order valence-corrected chi connectivity index (χ1v) is 9.08. The molecular weight excluding hydrogens is 388 g/mol. The van der Waals surface area contributed by atoms with Crippen LogP contribution in [0.15, 0.2) is 29.4 Å². The number of oxime groups is 1. The number of alkyl halides is 6. The molecule has 0 heterocycles. The van der Waals surface area contributed by atoms with Crippen molar-refractivity contribution in [2.45, 2.75) is 49.7 Å². The Bertz CT molecular complexity index is 747. The highest BCUT2D eigenvalue weighted by Crippen LogP contribution is 2.33. The van der Waals surface area contributed by atoms with Crippen LogP contribution in [-0.2, 0) is 14.4 Å². The smallest absolute Gasteiger partial charge is 0.261 e. The minimum atomic E-state index is -6.27. The molecule has 0 spiro atoms. The number of nitrogens with zero attached hydrogens (tertiary/aromatic N) is 1. The van der Waals surface area contributed by atoms with Gasteiger partial charge in [0.2, 0.25) is 0 Å². The van der Waals surface area contributed by atoms with Gasteiger partial charge in [-0.15, -0.1) is 0 Å². The molecule has 0 aliphatic heterocycles. The fraction of sp³-hybridized carbons (Fsp3) is 0.533. The van der Waals surface area contributed by atoms with Crippen molar-refractivity contribution in [1.82, 2.24) is 0 Å². The van der Waals surface area contributed by atoms with Crippen molar-refractivity contribution < 1.29 is 39.0 Å². The average molecular weight is 403 g/mol. The number of halogens is 6. The van der Waals surface area contributed by atoms with Gasteiger partial charge in [0.25, 0.3) is 0 Å². The Morgan fingerprint density at radius 2 is 1.50 bits per heavy atom. The summed E-state index contributed by atoms with van der Waals surface area (Å²) in [6.45, 7) is 0. The maximum atomic E-state index is 13.0. The summed E-state index contributed by atoms with van der Waals surface area (Å²) >= 11 is 0. The van der Waals surface area contributed by atoms with Gasteiger partial charge in [-0.25, -0.2) is 0 Å². The second-order valence-corrected chi connectivity index (χ2v) is 7.39. The zero-order valence-electron chi connectivity index (χ0n) is 13.3. The van der Waals surface area contributed by atoms with Crippen LogP contribution in [-0.4, -0.2) is 25.8 Å². The van der Waals surface area contributed by atoms with Crippen LogP contribution in [0.1, 0.15) is 49.1 Å². The Kier molecular flexibility index (Phi) is 5.89. The highest BCUT2D eigenvalue weighted by molar-refractivity contribution is 7.87. The zero-order chi connectivity index (χ0) is 19.6. The molecular formula is C15H15F6NO3S. The molecule has 0 radical (unpaired) electrons. The van der Waals surface area contributed by atoms with E-state index in [1.807, 2.05) is 0 Å². The first-order valence-electron chi connectivity index (χ1n) is 7.67. The van der Waals surface area contributed by atoms with Crippen molar-refractivity contribution in [3.05, 3.63) is 35.4 Å². The van der Waals surface area contributed by atoms with Gasteiger partial charge in [0.05, 0.1) is 0 Å². The predicted molar refractivity (Wildman–Crippen MR) is 80.9 cm³/mol. The van der Waals surface area contributed by atoms with E-state index in [9.17, 15) is 34.8 Å². The minimum Gasteiger partial charge on any atom is -0.261 e. The summed E-state index contributed by atoms with van der Waals surface area (Å²) in [5.41, 5.74) is -7.51. The normalized spacial score (nSPS) is 18.0. The van der Waals surface area contributed by atoms with Crippen LogP contribution >= 0.6 is 0 Å². The lowest BCUT2D eigenvalue weighted by atomic mass is 9.84. The molecule has 1 fully saturated rings. The molecule has 1 aromatic rings. The van der Waals surface area contributed by atoms with E-state index >= 15 is 0 Å². The number of rotatable bonds is 4. The van der Waals surface area contributed by atoms with Crippen molar-refractivity contribution in [1.29, 1.82) is 0 Å². The van der Waals surface area contributed by atoms with Crippen molar-refractivity contribution in [3.8, 4) is 0 Å². The summed E-state index contributed by atoms with van der Waals surface area (Å²) in [7, 11) is -6.27. The van der Waals surface area contributed by atoms with E-state index in [1.165, 1.54) is 12.1 Å². The summed E-state index contributed by atoms with van der Waals surface area (Å²) < 4.78 is 100. The van der Waals surface area contributed by atoms with Crippen LogP contribution in [0.25, 0.3) is 0 Å². The Hall–Kier alpha value is -1.78. The molecule has 0 atom stereocenters. The molecule has 146 valence electrons. The molecule has 26 heavy (non-hydrogen) atoms. The Morgan fingerprint density at radius 3 is 1.96 bits per heavy atom. The van der Waals surface area contributed by atoms with Crippen molar-refractivity contribution >= 4 is 15.8 Å². The van der Waals surface area contributed by atoms with E-state index in [0.29, 0.717) is 0 Å². The SMILES string of the molecule is O=S(=O)(ON=C(c1ccc(C2CCCCC2)cc1)C(F)(F)F)C(F)(F)F. The van der Waals surface area contributed by atoms with Gasteiger partial charge in [0.15, 0.2) is 5.71 Å². The molecule has 1 saturated carbocycles. The number of hydrogen-bond donors (Lipinski definition) is 0. The van der Waals surface area contributed by atoms with E-state index in [4.69, 9.17) is 0 Å². The van der Waals surface area contributed by atoms with Crippen LogP contribution < -0.4 is 0 Å². The lowest BCUT2D eigenvalue weighted by molar-refractivity contribution is -0.0633. The fourth-order valence-corrected chi connectivity index (χ4v) is 3.00. The summed E-state index contributed by atoms with van der Waals surface area (Å²) in [6.07, 6.45) is -0.243. The van der Waals surface area contributed by atoms with Crippen molar-refractivity contribution in [2.75, 3.05) is 0 Å². The molecule has 1 aliphatic carbocycles. The maximum Gasteiger partial charge on any atom is 0.536 e. The van der Waals surface area contributed by atoms with E-state index in [2.05, 4.69) is 9.44 Å². The highest BCUT2D eigenvalue weighted by Gasteiger charge is 2.49. The van der Waals surface area contributed by atoms with Crippen molar-refractivity contribution in [3.63, 3.8) is 0 Å². The quantitative estimate of drug-likeness (QED) is 0.312. The van der Waals surface area contributed by atoms with Crippen LogP contribution in [0.4, 0.5) is 26.3 Å². The molecule has 0 amide bonds. The molecule has 1 aromatic carbocycles. The van der Waals surface area contributed by atoms with Gasteiger partial charge in [-0.2, -0.15) is 34.8 Å². The van der Waals surface area contributed by atoms with Crippen LogP contribution in [0.5, 0.6) is 0 Å². The third-order valence-corrected chi connectivity index (χ3v) is 4.88. The Morgan fingerprint density at radius 1 is 0.962 bits per heavy atom. The molecule has 2 rings (SSSR count). The Labute approximate surface area is 146 Å². The van der Waals surface area contributed by atoms with E-state index in [-0.39, 0.29) is 5.92 Å². The van der Waals surface area contributed by atoms with Gasteiger partial charge in [-0.1, -0.05) is 48.7 Å². The molecule has 0 unspecified atom stereocenters. The minimum absolute atomic E-state index is 0.214. The predicted octanol–water partition coefficient (Wildman–Crippen LogP) is 4.87. The number of benzene rings is 1. The van der Waals surface area contributed by atoms with Gasteiger partial charge in [-0.3, -0.25) is 4.28 Å². The number of hydrogen-bond acceptors (Lipinski definition) is 4. The molecule has 1 aliphatic rings. The van der Waals surface area contributed by atoms with Gasteiger partial charge < -0.3 is 0 Å². The summed E-state index contributed by atoms with van der Waals surface area (Å²) in [4.78, 5) is 0. The first kappa shape index (κ1) is 20.5. The topological polar surface area (TPSA) is 55.7 Å². The molecule has 0 aromatic heterocycles.